The molecule has 0 radical (unpaired) electrons. The number of hydrogen-bond donors (Lipinski definition) is 2. The molecule has 0 bridgehead atoms. The molecule has 1 aliphatic carbocycles. The maximum absolute atomic E-state index is 9.79. The van der Waals surface area contributed by atoms with Crippen molar-refractivity contribution in [2.24, 2.45) is 5.73 Å². The minimum absolute atomic E-state index is 0.0758. The van der Waals surface area contributed by atoms with E-state index in [1.165, 1.54) is 30.3 Å². The second kappa shape index (κ2) is 6.41. The lowest BCUT2D eigenvalue weighted by atomic mass is 9.92. The molecular formula is C19H24N2O. The fourth-order valence-electron chi connectivity index (χ4n) is 3.08. The van der Waals surface area contributed by atoms with Crippen LogP contribution >= 0.6 is 0 Å². The third-order valence-electron chi connectivity index (χ3n) is 4.43. The van der Waals surface area contributed by atoms with E-state index in [4.69, 9.17) is 5.73 Å². The Morgan fingerprint density at radius 1 is 1.36 bits per heavy atom. The average molecular weight is 296 g/mol. The Balaban J connectivity index is 1.92. The van der Waals surface area contributed by atoms with Crippen LogP contribution in [0.2, 0.25) is 0 Å². The third-order valence-corrected chi connectivity index (χ3v) is 4.43. The summed E-state index contributed by atoms with van der Waals surface area (Å²) in [6.45, 7) is 1.99. The van der Waals surface area contributed by atoms with Gasteiger partial charge in [-0.25, -0.2) is 0 Å². The van der Waals surface area contributed by atoms with Crippen LogP contribution in [0.3, 0.4) is 0 Å². The number of nitrogens with two attached hydrogens (primary N) is 1. The summed E-state index contributed by atoms with van der Waals surface area (Å²) < 4.78 is 2.37. The Labute approximate surface area is 131 Å². The standard InChI is InChI=1S/C19H24N2O/c1-2-5-15(20)6-3-9-17-12-14-10-11-18(22)13-19(14)21(17)16-7-4-8-16/h2-3,5,9-13,15-16,22H,4,6-8,20H2,1H3/b5-2-,9-3+. The molecule has 1 aliphatic rings. The molecule has 1 aromatic heterocycles. The summed E-state index contributed by atoms with van der Waals surface area (Å²) >= 11 is 0. The predicted octanol–water partition coefficient (Wildman–Crippen LogP) is 4.38. The summed E-state index contributed by atoms with van der Waals surface area (Å²) in [4.78, 5) is 0. The van der Waals surface area contributed by atoms with E-state index in [0.717, 1.165) is 11.9 Å². The van der Waals surface area contributed by atoms with Crippen molar-refractivity contribution in [3.8, 4) is 5.75 Å². The highest BCUT2D eigenvalue weighted by molar-refractivity contribution is 5.85. The Morgan fingerprint density at radius 2 is 2.18 bits per heavy atom. The number of nitrogens with zero attached hydrogens (tertiary/aromatic N) is 1. The van der Waals surface area contributed by atoms with Crippen molar-refractivity contribution in [1.29, 1.82) is 0 Å². The van der Waals surface area contributed by atoms with Gasteiger partial charge in [-0.15, -0.1) is 0 Å². The van der Waals surface area contributed by atoms with Crippen molar-refractivity contribution < 1.29 is 5.11 Å². The second-order valence-electron chi connectivity index (χ2n) is 6.09. The van der Waals surface area contributed by atoms with Gasteiger partial charge in [-0.1, -0.05) is 18.2 Å². The maximum Gasteiger partial charge on any atom is 0.117 e. The lowest BCUT2D eigenvalue weighted by molar-refractivity contribution is 0.320. The van der Waals surface area contributed by atoms with Crippen LogP contribution in [0.25, 0.3) is 17.0 Å². The second-order valence-corrected chi connectivity index (χ2v) is 6.09. The minimum Gasteiger partial charge on any atom is -0.508 e. The molecule has 1 unspecified atom stereocenters. The molecule has 116 valence electrons. The van der Waals surface area contributed by atoms with Gasteiger partial charge in [0.15, 0.2) is 0 Å². The topological polar surface area (TPSA) is 51.2 Å². The monoisotopic (exact) mass is 296 g/mol. The first-order valence-corrected chi connectivity index (χ1v) is 8.08. The molecule has 1 fully saturated rings. The van der Waals surface area contributed by atoms with Crippen LogP contribution in [0.15, 0.2) is 42.5 Å². The number of hydrogen-bond acceptors (Lipinski definition) is 2. The molecule has 3 rings (SSSR count). The van der Waals surface area contributed by atoms with E-state index in [9.17, 15) is 5.11 Å². The molecule has 3 heteroatoms. The van der Waals surface area contributed by atoms with E-state index in [1.54, 1.807) is 6.07 Å². The summed E-state index contributed by atoms with van der Waals surface area (Å²) in [5, 5.41) is 11.0. The van der Waals surface area contributed by atoms with Gasteiger partial charge in [0.1, 0.15) is 5.75 Å². The zero-order valence-corrected chi connectivity index (χ0v) is 13.1. The zero-order chi connectivity index (χ0) is 15.5. The molecule has 3 N–H and O–H groups in total. The fraction of sp³-hybridized carbons (Fsp3) is 0.368. The van der Waals surface area contributed by atoms with Crippen LogP contribution in [-0.4, -0.2) is 15.7 Å². The van der Waals surface area contributed by atoms with Crippen LogP contribution in [0.1, 0.15) is 44.3 Å². The van der Waals surface area contributed by atoms with Gasteiger partial charge in [0.25, 0.3) is 0 Å². The summed E-state index contributed by atoms with van der Waals surface area (Å²) in [6.07, 6.45) is 12.9. The largest absolute Gasteiger partial charge is 0.508 e. The molecular weight excluding hydrogens is 272 g/mol. The van der Waals surface area contributed by atoms with E-state index in [0.29, 0.717) is 11.8 Å². The van der Waals surface area contributed by atoms with Gasteiger partial charge >= 0.3 is 0 Å². The highest BCUT2D eigenvalue weighted by atomic mass is 16.3. The van der Waals surface area contributed by atoms with Crippen molar-refractivity contribution in [2.45, 2.75) is 44.7 Å². The molecule has 1 saturated carbocycles. The lowest BCUT2D eigenvalue weighted by Crippen LogP contribution is -2.18. The number of allylic oxidation sites excluding steroid dienone is 1. The Bertz CT molecular complexity index is 708. The molecule has 1 heterocycles. The zero-order valence-electron chi connectivity index (χ0n) is 13.1. The molecule has 1 aromatic carbocycles. The molecule has 0 aliphatic heterocycles. The molecule has 1 atom stereocenters. The average Bonchev–Trinajstić information content (AvgIpc) is 2.76. The first kappa shape index (κ1) is 14.9. The number of phenolic OH excluding ortho intramolecular Hbond substituents is 1. The Morgan fingerprint density at radius 3 is 2.86 bits per heavy atom. The van der Waals surface area contributed by atoms with E-state index < -0.39 is 0 Å². The normalized spacial score (nSPS) is 17.5. The number of aromatic nitrogens is 1. The quantitative estimate of drug-likeness (QED) is 0.804. The summed E-state index contributed by atoms with van der Waals surface area (Å²) in [7, 11) is 0. The highest BCUT2D eigenvalue weighted by Gasteiger charge is 2.22. The van der Waals surface area contributed by atoms with Crippen molar-refractivity contribution in [1.82, 2.24) is 4.57 Å². The Hall–Kier alpha value is -2.00. The van der Waals surface area contributed by atoms with E-state index in [-0.39, 0.29) is 6.04 Å². The highest BCUT2D eigenvalue weighted by Crippen LogP contribution is 2.37. The molecule has 22 heavy (non-hydrogen) atoms. The first-order chi connectivity index (χ1) is 10.7. The summed E-state index contributed by atoms with van der Waals surface area (Å²) in [5.74, 6) is 0.330. The molecule has 2 aromatic rings. The SMILES string of the molecule is C/C=C\C(N)C/C=C/c1cc2ccc(O)cc2n1C1CCC1. The molecule has 3 nitrogen and oxygen atoms in total. The van der Waals surface area contributed by atoms with Crippen LogP contribution in [0.5, 0.6) is 5.75 Å². The smallest absolute Gasteiger partial charge is 0.117 e. The maximum atomic E-state index is 9.79. The van der Waals surface area contributed by atoms with Gasteiger partial charge in [-0.3, -0.25) is 0 Å². The van der Waals surface area contributed by atoms with Gasteiger partial charge < -0.3 is 15.4 Å². The van der Waals surface area contributed by atoms with Crippen molar-refractivity contribution >= 4 is 17.0 Å². The Kier molecular flexibility index (Phi) is 4.34. The van der Waals surface area contributed by atoms with Crippen molar-refractivity contribution in [3.05, 3.63) is 48.2 Å². The van der Waals surface area contributed by atoms with Gasteiger partial charge in [0.05, 0.1) is 5.52 Å². The predicted molar refractivity (Wildman–Crippen MR) is 92.9 cm³/mol. The number of fused-ring (bicyclic) bond motifs is 1. The van der Waals surface area contributed by atoms with Crippen LogP contribution in [0.4, 0.5) is 0 Å². The van der Waals surface area contributed by atoms with Crippen LogP contribution < -0.4 is 5.73 Å². The fourth-order valence-corrected chi connectivity index (χ4v) is 3.08. The molecule has 0 saturated heterocycles. The first-order valence-electron chi connectivity index (χ1n) is 8.08. The third kappa shape index (κ3) is 2.95. The minimum atomic E-state index is 0.0758. The van der Waals surface area contributed by atoms with Crippen molar-refractivity contribution in [2.75, 3.05) is 0 Å². The van der Waals surface area contributed by atoms with Crippen LogP contribution in [0, 0.1) is 0 Å². The van der Waals surface area contributed by atoms with Crippen molar-refractivity contribution in [3.63, 3.8) is 0 Å². The number of phenols is 1. The number of benzene rings is 1. The van der Waals surface area contributed by atoms with E-state index >= 15 is 0 Å². The van der Waals surface area contributed by atoms with E-state index in [2.05, 4.69) is 22.8 Å². The molecule has 0 amide bonds. The number of rotatable bonds is 5. The van der Waals surface area contributed by atoms with Gasteiger partial charge in [-0.2, -0.15) is 0 Å². The summed E-state index contributed by atoms with van der Waals surface area (Å²) in [5.41, 5.74) is 8.33. The van der Waals surface area contributed by atoms with E-state index in [1.807, 2.05) is 31.2 Å². The molecule has 0 spiro atoms. The van der Waals surface area contributed by atoms with Gasteiger partial charge in [-0.05, 0) is 56.9 Å². The summed E-state index contributed by atoms with van der Waals surface area (Å²) in [6, 6.07) is 8.45. The number of aromatic hydroxyl groups is 1. The van der Waals surface area contributed by atoms with Gasteiger partial charge in [0.2, 0.25) is 0 Å². The van der Waals surface area contributed by atoms with Crippen LogP contribution in [-0.2, 0) is 0 Å². The lowest BCUT2D eigenvalue weighted by Gasteiger charge is -2.29. The van der Waals surface area contributed by atoms with Gasteiger partial charge in [0, 0.05) is 29.2 Å².